The third-order valence-electron chi connectivity index (χ3n) is 3.17. The Morgan fingerprint density at radius 1 is 0.944 bits per heavy atom. The standard InChI is InChI=1S/C16H16BrF/c1-10-4-6-14(11(2)8-10)16(17)13-5-7-15(18)12(3)9-13/h4-9,16H,1-3H3. The van der Waals surface area contributed by atoms with E-state index in [2.05, 4.69) is 48.0 Å². The molecule has 0 saturated carbocycles. The van der Waals surface area contributed by atoms with Gasteiger partial charge >= 0.3 is 0 Å². The average Bonchev–Trinajstić information content (AvgIpc) is 2.32. The van der Waals surface area contributed by atoms with Crippen molar-refractivity contribution in [3.05, 3.63) is 70.0 Å². The molecule has 2 aromatic rings. The molecule has 1 atom stereocenters. The van der Waals surface area contributed by atoms with Gasteiger partial charge in [-0.3, -0.25) is 0 Å². The van der Waals surface area contributed by atoms with Crippen LogP contribution in [0, 0.1) is 26.6 Å². The number of rotatable bonds is 2. The summed E-state index contributed by atoms with van der Waals surface area (Å²) in [5.41, 5.74) is 5.50. The van der Waals surface area contributed by atoms with Gasteiger partial charge in [0.15, 0.2) is 0 Å². The number of benzene rings is 2. The Morgan fingerprint density at radius 2 is 1.67 bits per heavy atom. The molecule has 0 aliphatic heterocycles. The second-order valence-corrected chi connectivity index (χ2v) is 5.65. The third-order valence-corrected chi connectivity index (χ3v) is 4.19. The van der Waals surface area contributed by atoms with Crippen molar-refractivity contribution >= 4 is 15.9 Å². The molecule has 0 aromatic heterocycles. The fourth-order valence-corrected chi connectivity index (χ4v) is 2.91. The summed E-state index contributed by atoms with van der Waals surface area (Å²) in [5, 5.41) is 0. The first-order valence-corrected chi connectivity index (χ1v) is 6.88. The summed E-state index contributed by atoms with van der Waals surface area (Å²) in [6, 6.07) is 11.7. The fraction of sp³-hybridized carbons (Fsp3) is 0.250. The number of halogens is 2. The van der Waals surface area contributed by atoms with Crippen LogP contribution in [0.4, 0.5) is 4.39 Å². The van der Waals surface area contributed by atoms with Crippen LogP contribution in [0.5, 0.6) is 0 Å². The maximum atomic E-state index is 13.3. The molecule has 1 unspecified atom stereocenters. The van der Waals surface area contributed by atoms with E-state index in [4.69, 9.17) is 0 Å². The van der Waals surface area contributed by atoms with Gasteiger partial charge in [0.2, 0.25) is 0 Å². The molecule has 0 nitrogen and oxygen atoms in total. The second-order valence-electron chi connectivity index (χ2n) is 4.73. The quantitative estimate of drug-likeness (QED) is 0.666. The monoisotopic (exact) mass is 306 g/mol. The Labute approximate surface area is 116 Å². The molecule has 0 N–H and O–H groups in total. The SMILES string of the molecule is Cc1ccc(C(Br)c2ccc(F)c(C)c2)c(C)c1. The Kier molecular flexibility index (Phi) is 3.86. The Morgan fingerprint density at radius 3 is 2.28 bits per heavy atom. The molecule has 0 amide bonds. The minimum absolute atomic E-state index is 0.109. The average molecular weight is 307 g/mol. The van der Waals surface area contributed by atoms with Crippen molar-refractivity contribution in [2.75, 3.05) is 0 Å². The lowest BCUT2D eigenvalue weighted by atomic mass is 9.98. The van der Waals surface area contributed by atoms with Crippen molar-refractivity contribution in [3.63, 3.8) is 0 Å². The normalized spacial score (nSPS) is 12.5. The lowest BCUT2D eigenvalue weighted by Crippen LogP contribution is -1.97. The number of alkyl halides is 1. The largest absolute Gasteiger partial charge is 0.207 e. The van der Waals surface area contributed by atoms with Crippen molar-refractivity contribution < 1.29 is 4.39 Å². The molecular weight excluding hydrogens is 291 g/mol. The van der Waals surface area contributed by atoms with Crippen molar-refractivity contribution in [1.29, 1.82) is 0 Å². The molecule has 0 radical (unpaired) electrons. The first-order chi connectivity index (χ1) is 8.49. The molecule has 0 fully saturated rings. The summed E-state index contributed by atoms with van der Waals surface area (Å²) in [7, 11) is 0. The third kappa shape index (κ3) is 2.64. The highest BCUT2D eigenvalue weighted by atomic mass is 79.9. The van der Waals surface area contributed by atoms with E-state index in [1.807, 2.05) is 12.1 Å². The van der Waals surface area contributed by atoms with Crippen LogP contribution in [0.15, 0.2) is 36.4 Å². The van der Waals surface area contributed by atoms with Crippen molar-refractivity contribution in [2.24, 2.45) is 0 Å². The summed E-state index contributed by atoms with van der Waals surface area (Å²) in [6.07, 6.45) is 0. The van der Waals surface area contributed by atoms with Crippen LogP contribution < -0.4 is 0 Å². The first-order valence-electron chi connectivity index (χ1n) is 5.96. The summed E-state index contributed by atoms with van der Waals surface area (Å²) in [6.45, 7) is 5.98. The maximum absolute atomic E-state index is 13.3. The van der Waals surface area contributed by atoms with Crippen LogP contribution in [0.2, 0.25) is 0 Å². The summed E-state index contributed by atoms with van der Waals surface area (Å²) in [5.74, 6) is -0.154. The summed E-state index contributed by atoms with van der Waals surface area (Å²) >= 11 is 3.71. The predicted octanol–water partition coefficient (Wildman–Crippen LogP) is 5.24. The molecular formula is C16H16BrF. The van der Waals surface area contributed by atoms with Crippen molar-refractivity contribution in [2.45, 2.75) is 25.6 Å². The summed E-state index contributed by atoms with van der Waals surface area (Å²) < 4.78 is 13.3. The molecule has 2 rings (SSSR count). The number of aryl methyl sites for hydroxylation is 3. The predicted molar refractivity (Wildman–Crippen MR) is 77.8 cm³/mol. The zero-order valence-electron chi connectivity index (χ0n) is 10.8. The molecule has 0 aliphatic rings. The minimum Gasteiger partial charge on any atom is -0.207 e. The van der Waals surface area contributed by atoms with Crippen molar-refractivity contribution in [1.82, 2.24) is 0 Å². The molecule has 2 aromatic carbocycles. The molecule has 94 valence electrons. The van der Waals surface area contributed by atoms with Gasteiger partial charge in [0.05, 0.1) is 4.83 Å². The van der Waals surface area contributed by atoms with Crippen LogP contribution in [-0.4, -0.2) is 0 Å². The molecule has 2 heteroatoms. The van der Waals surface area contributed by atoms with Gasteiger partial charge < -0.3 is 0 Å². The minimum atomic E-state index is -0.154. The van der Waals surface area contributed by atoms with Gasteiger partial charge in [-0.1, -0.05) is 51.8 Å². The van der Waals surface area contributed by atoms with E-state index in [0.717, 1.165) is 5.56 Å². The van der Waals surface area contributed by atoms with Crippen LogP contribution in [0.1, 0.15) is 32.6 Å². The smallest absolute Gasteiger partial charge is 0.126 e. The van der Waals surface area contributed by atoms with E-state index < -0.39 is 0 Å². The molecule has 0 spiro atoms. The topological polar surface area (TPSA) is 0 Å². The second kappa shape index (κ2) is 5.23. The Hall–Kier alpha value is -1.15. The van der Waals surface area contributed by atoms with E-state index in [9.17, 15) is 4.39 Å². The van der Waals surface area contributed by atoms with E-state index in [1.165, 1.54) is 22.8 Å². The van der Waals surface area contributed by atoms with Gasteiger partial charge in [-0.25, -0.2) is 4.39 Å². The molecule has 0 bridgehead atoms. The highest BCUT2D eigenvalue weighted by Gasteiger charge is 2.13. The molecule has 0 saturated heterocycles. The van der Waals surface area contributed by atoms with Crippen LogP contribution in [0.3, 0.4) is 0 Å². The Balaban J connectivity index is 2.41. The van der Waals surface area contributed by atoms with Gasteiger partial charge in [0.1, 0.15) is 5.82 Å². The molecule has 0 aliphatic carbocycles. The highest BCUT2D eigenvalue weighted by Crippen LogP contribution is 2.33. The molecule has 0 heterocycles. The van der Waals surface area contributed by atoms with Gasteiger partial charge in [-0.2, -0.15) is 0 Å². The number of hydrogen-bond acceptors (Lipinski definition) is 0. The van der Waals surface area contributed by atoms with Gasteiger partial charge in [0, 0.05) is 0 Å². The lowest BCUT2D eigenvalue weighted by Gasteiger charge is -2.15. The van der Waals surface area contributed by atoms with Gasteiger partial charge in [0.25, 0.3) is 0 Å². The highest BCUT2D eigenvalue weighted by molar-refractivity contribution is 9.09. The van der Waals surface area contributed by atoms with Crippen LogP contribution >= 0.6 is 15.9 Å². The van der Waals surface area contributed by atoms with E-state index in [0.29, 0.717) is 5.56 Å². The van der Waals surface area contributed by atoms with E-state index >= 15 is 0 Å². The van der Waals surface area contributed by atoms with Crippen molar-refractivity contribution in [3.8, 4) is 0 Å². The van der Waals surface area contributed by atoms with E-state index in [-0.39, 0.29) is 10.6 Å². The lowest BCUT2D eigenvalue weighted by molar-refractivity contribution is 0.617. The first kappa shape index (κ1) is 13.3. The van der Waals surface area contributed by atoms with Crippen LogP contribution in [-0.2, 0) is 0 Å². The van der Waals surface area contributed by atoms with Crippen LogP contribution in [0.25, 0.3) is 0 Å². The zero-order chi connectivity index (χ0) is 13.3. The molecule has 18 heavy (non-hydrogen) atoms. The summed E-state index contributed by atoms with van der Waals surface area (Å²) in [4.78, 5) is 0.109. The van der Waals surface area contributed by atoms with E-state index in [1.54, 1.807) is 6.92 Å². The maximum Gasteiger partial charge on any atom is 0.126 e. The van der Waals surface area contributed by atoms with Gasteiger partial charge in [-0.05, 0) is 49.1 Å². The van der Waals surface area contributed by atoms with Gasteiger partial charge in [-0.15, -0.1) is 0 Å². The Bertz CT molecular complexity index is 575. The zero-order valence-corrected chi connectivity index (χ0v) is 12.4. The fourth-order valence-electron chi connectivity index (χ4n) is 2.12. The number of hydrogen-bond donors (Lipinski definition) is 0.